The van der Waals surface area contributed by atoms with Crippen LogP contribution in [0.5, 0.6) is 0 Å². The van der Waals surface area contributed by atoms with Crippen LogP contribution in [0.15, 0.2) is 22.6 Å². The molecule has 0 radical (unpaired) electrons. The standard InChI is InChI=1S/C11H6F4N2O3/c12-6-3-7(13)10(15)11(9(6)14)16-4-5-1-2-8(20-5)17(18)19/h1-3,16H,4H2. The Labute approximate surface area is 109 Å². The summed E-state index contributed by atoms with van der Waals surface area (Å²) >= 11 is 0. The second kappa shape index (κ2) is 5.19. The Morgan fingerprint density at radius 3 is 2.25 bits per heavy atom. The summed E-state index contributed by atoms with van der Waals surface area (Å²) in [6, 6.07) is 2.31. The van der Waals surface area contributed by atoms with Crippen LogP contribution < -0.4 is 5.32 Å². The molecule has 0 aliphatic rings. The number of furan rings is 1. The minimum atomic E-state index is -1.59. The summed E-state index contributed by atoms with van der Waals surface area (Å²) in [5, 5.41) is 12.4. The van der Waals surface area contributed by atoms with Crippen molar-refractivity contribution < 1.29 is 26.9 Å². The van der Waals surface area contributed by atoms with Gasteiger partial charge in [0.2, 0.25) is 0 Å². The minimum Gasteiger partial charge on any atom is -0.404 e. The van der Waals surface area contributed by atoms with Crippen molar-refractivity contribution in [1.82, 2.24) is 0 Å². The fraction of sp³-hybridized carbons (Fsp3) is 0.0909. The van der Waals surface area contributed by atoms with E-state index in [0.29, 0.717) is 0 Å². The first-order chi connectivity index (χ1) is 9.40. The van der Waals surface area contributed by atoms with E-state index in [9.17, 15) is 27.7 Å². The van der Waals surface area contributed by atoms with E-state index in [2.05, 4.69) is 5.32 Å². The number of benzene rings is 1. The van der Waals surface area contributed by atoms with Crippen LogP contribution in [0.2, 0.25) is 0 Å². The lowest BCUT2D eigenvalue weighted by molar-refractivity contribution is -0.402. The maximum Gasteiger partial charge on any atom is 0.433 e. The van der Waals surface area contributed by atoms with Gasteiger partial charge in [0.15, 0.2) is 23.3 Å². The van der Waals surface area contributed by atoms with Crippen LogP contribution in [0.4, 0.5) is 29.1 Å². The van der Waals surface area contributed by atoms with E-state index in [1.54, 1.807) is 0 Å². The molecule has 2 aromatic rings. The average Bonchev–Trinajstić information content (AvgIpc) is 2.85. The number of anilines is 1. The zero-order valence-corrected chi connectivity index (χ0v) is 9.62. The number of hydrogen-bond donors (Lipinski definition) is 1. The maximum atomic E-state index is 13.3. The summed E-state index contributed by atoms with van der Waals surface area (Å²) in [5.41, 5.74) is -1.01. The van der Waals surface area contributed by atoms with Crippen molar-refractivity contribution in [2.45, 2.75) is 6.54 Å². The molecule has 1 heterocycles. The molecule has 0 fully saturated rings. The highest BCUT2D eigenvalue weighted by Gasteiger charge is 2.19. The molecule has 0 aliphatic carbocycles. The van der Waals surface area contributed by atoms with Crippen molar-refractivity contribution in [3.63, 3.8) is 0 Å². The lowest BCUT2D eigenvalue weighted by Crippen LogP contribution is -2.06. The Hall–Kier alpha value is -2.58. The van der Waals surface area contributed by atoms with Gasteiger partial charge in [0, 0.05) is 6.07 Å². The van der Waals surface area contributed by atoms with Gasteiger partial charge in [0.25, 0.3) is 0 Å². The van der Waals surface area contributed by atoms with E-state index in [1.165, 1.54) is 6.07 Å². The van der Waals surface area contributed by atoms with Crippen LogP contribution in [-0.4, -0.2) is 4.92 Å². The molecule has 0 saturated heterocycles. The molecule has 0 amide bonds. The summed E-state index contributed by atoms with van der Waals surface area (Å²) in [7, 11) is 0. The highest BCUT2D eigenvalue weighted by molar-refractivity contribution is 5.47. The van der Waals surface area contributed by atoms with Crippen molar-refractivity contribution >= 4 is 11.6 Å². The van der Waals surface area contributed by atoms with Gasteiger partial charge >= 0.3 is 5.88 Å². The van der Waals surface area contributed by atoms with E-state index < -0.39 is 39.8 Å². The van der Waals surface area contributed by atoms with E-state index in [0.717, 1.165) is 6.07 Å². The summed E-state index contributed by atoms with van der Waals surface area (Å²) in [4.78, 5) is 9.56. The third-order valence-corrected chi connectivity index (χ3v) is 2.38. The number of halogens is 4. The second-order valence-corrected chi connectivity index (χ2v) is 3.69. The number of hydrogen-bond acceptors (Lipinski definition) is 4. The maximum absolute atomic E-state index is 13.3. The molecule has 2 rings (SSSR count). The molecule has 1 aromatic heterocycles. The van der Waals surface area contributed by atoms with Gasteiger partial charge in [-0.2, -0.15) is 0 Å². The lowest BCUT2D eigenvalue weighted by Gasteiger charge is -2.08. The summed E-state index contributed by atoms with van der Waals surface area (Å²) in [6.07, 6.45) is 0. The molecule has 0 saturated carbocycles. The van der Waals surface area contributed by atoms with E-state index in [1.807, 2.05) is 0 Å². The lowest BCUT2D eigenvalue weighted by atomic mass is 10.2. The zero-order valence-electron chi connectivity index (χ0n) is 9.62. The van der Waals surface area contributed by atoms with Crippen molar-refractivity contribution in [2.75, 3.05) is 5.32 Å². The molecular formula is C11H6F4N2O3. The minimum absolute atomic E-state index is 0.0276. The Morgan fingerprint density at radius 2 is 1.75 bits per heavy atom. The Morgan fingerprint density at radius 1 is 1.15 bits per heavy atom. The van der Waals surface area contributed by atoms with Gasteiger partial charge in [0.05, 0.1) is 12.6 Å². The number of nitrogens with one attached hydrogen (secondary N) is 1. The van der Waals surface area contributed by atoms with E-state index >= 15 is 0 Å². The van der Waals surface area contributed by atoms with Crippen molar-refractivity contribution in [1.29, 1.82) is 0 Å². The first-order valence-corrected chi connectivity index (χ1v) is 5.20. The number of nitrogens with zero attached hydrogens (tertiary/aromatic N) is 1. The van der Waals surface area contributed by atoms with Crippen LogP contribution in [0.1, 0.15) is 5.76 Å². The van der Waals surface area contributed by atoms with Gasteiger partial charge in [-0.25, -0.2) is 17.6 Å². The largest absolute Gasteiger partial charge is 0.433 e. The van der Waals surface area contributed by atoms with Crippen LogP contribution in [-0.2, 0) is 6.54 Å². The molecule has 0 unspecified atom stereocenters. The van der Waals surface area contributed by atoms with Gasteiger partial charge in [-0.1, -0.05) is 0 Å². The molecule has 106 valence electrons. The molecule has 1 aromatic carbocycles. The molecule has 0 spiro atoms. The Bertz CT molecular complexity index is 646. The second-order valence-electron chi connectivity index (χ2n) is 3.69. The van der Waals surface area contributed by atoms with Crippen LogP contribution in [0.3, 0.4) is 0 Å². The van der Waals surface area contributed by atoms with Crippen molar-refractivity contribution in [3.05, 3.63) is 57.3 Å². The molecular weight excluding hydrogens is 284 g/mol. The van der Waals surface area contributed by atoms with Gasteiger partial charge in [-0.15, -0.1) is 0 Å². The summed E-state index contributed by atoms with van der Waals surface area (Å²) in [5.74, 6) is -6.89. The Kier molecular flexibility index (Phi) is 3.59. The first-order valence-electron chi connectivity index (χ1n) is 5.20. The van der Waals surface area contributed by atoms with Crippen LogP contribution in [0, 0.1) is 33.4 Å². The summed E-state index contributed by atoms with van der Waals surface area (Å²) < 4.78 is 57.1. The fourth-order valence-electron chi connectivity index (χ4n) is 1.46. The topological polar surface area (TPSA) is 68.3 Å². The Balaban J connectivity index is 2.20. The van der Waals surface area contributed by atoms with Gasteiger partial charge in [-0.3, -0.25) is 10.1 Å². The van der Waals surface area contributed by atoms with Gasteiger partial charge in [-0.05, 0) is 6.07 Å². The molecule has 9 heteroatoms. The van der Waals surface area contributed by atoms with Crippen molar-refractivity contribution in [3.8, 4) is 0 Å². The molecule has 1 N–H and O–H groups in total. The fourth-order valence-corrected chi connectivity index (χ4v) is 1.46. The van der Waals surface area contributed by atoms with Crippen LogP contribution >= 0.6 is 0 Å². The monoisotopic (exact) mass is 290 g/mol. The molecule has 0 atom stereocenters. The third kappa shape index (κ3) is 2.56. The summed E-state index contributed by atoms with van der Waals surface area (Å²) in [6.45, 7) is -0.384. The average molecular weight is 290 g/mol. The zero-order chi connectivity index (χ0) is 14.9. The van der Waals surface area contributed by atoms with E-state index in [-0.39, 0.29) is 18.4 Å². The molecule has 20 heavy (non-hydrogen) atoms. The molecule has 0 bridgehead atoms. The van der Waals surface area contributed by atoms with E-state index in [4.69, 9.17) is 4.42 Å². The highest BCUT2D eigenvalue weighted by Crippen LogP contribution is 2.25. The first kappa shape index (κ1) is 13.8. The van der Waals surface area contributed by atoms with Crippen LogP contribution in [0.25, 0.3) is 0 Å². The van der Waals surface area contributed by atoms with Gasteiger partial charge < -0.3 is 9.73 Å². The van der Waals surface area contributed by atoms with Gasteiger partial charge in [0.1, 0.15) is 16.4 Å². The molecule has 0 aliphatic heterocycles. The predicted octanol–water partition coefficient (Wildman–Crippen LogP) is 3.36. The smallest absolute Gasteiger partial charge is 0.404 e. The molecule has 5 nitrogen and oxygen atoms in total. The third-order valence-electron chi connectivity index (χ3n) is 2.38. The number of nitro groups is 1. The predicted molar refractivity (Wildman–Crippen MR) is 59.0 cm³/mol. The van der Waals surface area contributed by atoms with Crippen molar-refractivity contribution in [2.24, 2.45) is 0 Å². The highest BCUT2D eigenvalue weighted by atomic mass is 19.2. The normalized spacial score (nSPS) is 10.6. The number of rotatable bonds is 4. The quantitative estimate of drug-likeness (QED) is 0.406. The SMILES string of the molecule is O=[N+]([O-])c1ccc(CNc2c(F)c(F)cc(F)c2F)o1.